The number of rotatable bonds is 3. The number of sulfonamides is 1. The second-order valence-electron chi connectivity index (χ2n) is 8.50. The molecule has 28 heavy (non-hydrogen) atoms. The Morgan fingerprint density at radius 3 is 2.29 bits per heavy atom. The Morgan fingerprint density at radius 1 is 1.07 bits per heavy atom. The highest BCUT2D eigenvalue weighted by Gasteiger charge is 2.56. The van der Waals surface area contributed by atoms with E-state index in [4.69, 9.17) is 9.31 Å². The van der Waals surface area contributed by atoms with Gasteiger partial charge in [-0.25, -0.2) is 17.7 Å². The first-order valence-corrected chi connectivity index (χ1v) is 10.9. The van der Waals surface area contributed by atoms with E-state index in [1.807, 2.05) is 46.8 Å². The minimum absolute atomic E-state index is 0.235. The van der Waals surface area contributed by atoms with Crippen LogP contribution in [0.2, 0.25) is 0 Å². The molecule has 0 aliphatic carbocycles. The second-order valence-corrected chi connectivity index (χ2v) is 10.4. The normalized spacial score (nSPS) is 23.1. The van der Waals surface area contributed by atoms with Crippen molar-refractivity contribution in [1.82, 2.24) is 4.98 Å². The fourth-order valence-electron chi connectivity index (χ4n) is 3.61. The zero-order chi connectivity index (χ0) is 20.3. The minimum Gasteiger partial charge on any atom is -0.403 e. The van der Waals surface area contributed by atoms with Crippen molar-refractivity contribution in [2.24, 2.45) is 0 Å². The highest BCUT2D eigenvalue weighted by Crippen LogP contribution is 2.46. The van der Waals surface area contributed by atoms with Crippen LogP contribution in [0.1, 0.15) is 44.6 Å². The first kappa shape index (κ1) is 19.4. The summed E-state index contributed by atoms with van der Waals surface area (Å²) in [6.07, 6.45) is 1.61. The maximum absolute atomic E-state index is 13.3. The van der Waals surface area contributed by atoms with E-state index in [0.717, 1.165) is 11.1 Å². The lowest BCUT2D eigenvalue weighted by molar-refractivity contribution is 0.00578. The molecule has 1 unspecified atom stereocenters. The van der Waals surface area contributed by atoms with Crippen LogP contribution in [0.15, 0.2) is 47.5 Å². The van der Waals surface area contributed by atoms with E-state index in [2.05, 4.69) is 4.98 Å². The molecule has 1 atom stereocenters. The molecule has 1 aromatic carbocycles. The van der Waals surface area contributed by atoms with Gasteiger partial charge in [0, 0.05) is 18.6 Å². The minimum atomic E-state index is -3.73. The van der Waals surface area contributed by atoms with Gasteiger partial charge in [0.15, 0.2) is 0 Å². The molecule has 1 fully saturated rings. The summed E-state index contributed by atoms with van der Waals surface area (Å²) in [7, 11) is -4.27. The number of fused-ring (bicyclic) bond motifs is 1. The van der Waals surface area contributed by atoms with E-state index in [0.29, 0.717) is 5.82 Å². The first-order valence-electron chi connectivity index (χ1n) is 9.43. The highest BCUT2D eigenvalue weighted by atomic mass is 32.2. The van der Waals surface area contributed by atoms with Crippen molar-refractivity contribution in [2.75, 3.05) is 10.8 Å². The van der Waals surface area contributed by atoms with Crippen LogP contribution in [0.25, 0.3) is 0 Å². The van der Waals surface area contributed by atoms with Crippen LogP contribution in [0.3, 0.4) is 0 Å². The van der Waals surface area contributed by atoms with Crippen molar-refractivity contribution in [3.8, 4) is 0 Å². The largest absolute Gasteiger partial charge is 0.467 e. The van der Waals surface area contributed by atoms with Crippen molar-refractivity contribution in [2.45, 2.75) is 56.5 Å². The number of hydrogen-bond donors (Lipinski definition) is 0. The Bertz CT molecular complexity index is 989. The van der Waals surface area contributed by atoms with Crippen molar-refractivity contribution < 1.29 is 17.7 Å². The van der Waals surface area contributed by atoms with Crippen LogP contribution < -0.4 is 4.31 Å². The van der Waals surface area contributed by atoms with E-state index in [9.17, 15) is 8.42 Å². The number of hydrogen-bond acceptors (Lipinski definition) is 5. The SMILES string of the molecule is Cc1ccc(S(=O)(=O)N2CC(B3OC(C)(C)C(C)(C)O3)c3cccnc32)cc1. The summed E-state index contributed by atoms with van der Waals surface area (Å²) in [4.78, 5) is 4.63. The molecular weight excluding hydrogens is 375 g/mol. The molecule has 6 nitrogen and oxygen atoms in total. The predicted molar refractivity (Wildman–Crippen MR) is 109 cm³/mol. The van der Waals surface area contributed by atoms with Gasteiger partial charge in [-0.1, -0.05) is 23.8 Å². The van der Waals surface area contributed by atoms with Crippen molar-refractivity contribution in [1.29, 1.82) is 0 Å². The Hall–Kier alpha value is -1.90. The average molecular weight is 400 g/mol. The average Bonchev–Trinajstić information content (AvgIpc) is 3.10. The molecular formula is C20H25BN2O4S. The molecule has 0 bridgehead atoms. The Labute approximate surface area is 167 Å². The van der Waals surface area contributed by atoms with Gasteiger partial charge in [0.05, 0.1) is 16.1 Å². The third kappa shape index (κ3) is 2.94. The summed E-state index contributed by atoms with van der Waals surface area (Å²) in [6, 6.07) is 10.6. The van der Waals surface area contributed by atoms with E-state index in [1.54, 1.807) is 30.5 Å². The van der Waals surface area contributed by atoms with Gasteiger partial charge in [-0.3, -0.25) is 0 Å². The van der Waals surface area contributed by atoms with E-state index in [1.165, 1.54) is 4.31 Å². The summed E-state index contributed by atoms with van der Waals surface area (Å²) in [6.45, 7) is 10.1. The lowest BCUT2D eigenvalue weighted by Crippen LogP contribution is -2.41. The fourth-order valence-corrected chi connectivity index (χ4v) is 5.08. The topological polar surface area (TPSA) is 68.7 Å². The summed E-state index contributed by atoms with van der Waals surface area (Å²) < 4.78 is 40.5. The molecule has 0 saturated carbocycles. The van der Waals surface area contributed by atoms with E-state index in [-0.39, 0.29) is 17.3 Å². The fraction of sp³-hybridized carbons (Fsp3) is 0.450. The van der Waals surface area contributed by atoms with E-state index < -0.39 is 28.3 Å². The number of pyridine rings is 1. The van der Waals surface area contributed by atoms with Crippen LogP contribution in [0.4, 0.5) is 5.82 Å². The summed E-state index contributed by atoms with van der Waals surface area (Å²) in [5.74, 6) is 0.202. The molecule has 2 aromatic rings. The highest BCUT2D eigenvalue weighted by molar-refractivity contribution is 7.92. The van der Waals surface area contributed by atoms with Gasteiger partial charge in [0.1, 0.15) is 5.82 Å². The maximum Gasteiger partial charge on any atom is 0.467 e. The van der Waals surface area contributed by atoms with Crippen LogP contribution in [-0.2, 0) is 19.3 Å². The monoisotopic (exact) mass is 400 g/mol. The number of anilines is 1. The summed E-state index contributed by atoms with van der Waals surface area (Å²) in [5, 5.41) is 0. The Kier molecular flexibility index (Phi) is 4.37. The molecule has 3 heterocycles. The molecule has 0 amide bonds. The standard InChI is InChI=1S/C20H25BN2O4S/c1-14-8-10-15(11-9-14)28(24,25)23-13-17(16-7-6-12-22-18(16)23)21-26-19(2,3)20(4,5)27-21/h6-12,17H,13H2,1-5H3. The lowest BCUT2D eigenvalue weighted by Gasteiger charge is -2.32. The summed E-state index contributed by atoms with van der Waals surface area (Å²) >= 11 is 0. The van der Waals surface area contributed by atoms with Gasteiger partial charge in [0.25, 0.3) is 10.0 Å². The molecule has 148 valence electrons. The van der Waals surface area contributed by atoms with Crippen molar-refractivity contribution in [3.05, 3.63) is 53.7 Å². The molecule has 4 rings (SSSR count). The number of nitrogens with zero attached hydrogens (tertiary/aromatic N) is 2. The number of aromatic nitrogens is 1. The van der Waals surface area contributed by atoms with Gasteiger partial charge >= 0.3 is 7.12 Å². The van der Waals surface area contributed by atoms with Crippen molar-refractivity contribution in [3.63, 3.8) is 0 Å². The van der Waals surface area contributed by atoms with Gasteiger partial charge in [-0.15, -0.1) is 0 Å². The van der Waals surface area contributed by atoms with Crippen molar-refractivity contribution >= 4 is 23.0 Å². The lowest BCUT2D eigenvalue weighted by atomic mass is 9.69. The predicted octanol–water partition coefficient (Wildman–Crippen LogP) is 3.31. The van der Waals surface area contributed by atoms with Crippen LogP contribution in [0.5, 0.6) is 0 Å². The third-order valence-electron chi connectivity index (χ3n) is 6.02. The molecule has 1 saturated heterocycles. The van der Waals surface area contributed by atoms with Crippen LogP contribution >= 0.6 is 0 Å². The second kappa shape index (κ2) is 6.30. The first-order chi connectivity index (χ1) is 13.0. The molecule has 0 N–H and O–H groups in total. The zero-order valence-electron chi connectivity index (χ0n) is 16.8. The molecule has 2 aliphatic heterocycles. The Morgan fingerprint density at radius 2 is 1.68 bits per heavy atom. The molecule has 0 radical (unpaired) electrons. The maximum atomic E-state index is 13.3. The zero-order valence-corrected chi connectivity index (χ0v) is 17.7. The smallest absolute Gasteiger partial charge is 0.403 e. The van der Waals surface area contributed by atoms with Crippen LogP contribution in [-0.4, -0.2) is 38.3 Å². The number of aryl methyl sites for hydroxylation is 1. The van der Waals surface area contributed by atoms with Crippen LogP contribution in [0, 0.1) is 6.92 Å². The molecule has 1 aromatic heterocycles. The quantitative estimate of drug-likeness (QED) is 0.740. The number of benzene rings is 1. The van der Waals surface area contributed by atoms with Gasteiger partial charge in [0.2, 0.25) is 0 Å². The third-order valence-corrected chi connectivity index (χ3v) is 7.79. The van der Waals surface area contributed by atoms with E-state index >= 15 is 0 Å². The molecule has 0 spiro atoms. The van der Waals surface area contributed by atoms with Gasteiger partial charge in [-0.05, 0) is 58.4 Å². The Balaban J connectivity index is 1.72. The van der Waals surface area contributed by atoms with Gasteiger partial charge < -0.3 is 9.31 Å². The summed E-state index contributed by atoms with van der Waals surface area (Å²) in [5.41, 5.74) is 0.873. The molecule has 8 heteroatoms. The molecule has 2 aliphatic rings. The van der Waals surface area contributed by atoms with Gasteiger partial charge in [-0.2, -0.15) is 0 Å².